The minimum atomic E-state index is -0.328. The Kier molecular flexibility index (Phi) is 6.19. The molecule has 1 saturated heterocycles. The van der Waals surface area contributed by atoms with Crippen molar-refractivity contribution >= 4 is 18.0 Å². The largest absolute Gasteiger partial charge is 0.493 e. The first-order chi connectivity index (χ1) is 19.4. The molecule has 5 atom stereocenters. The van der Waals surface area contributed by atoms with Crippen LogP contribution in [0.5, 0.6) is 17.2 Å². The standard InChI is InChI=1S/C33H38N2O5/c1-20(36)39-27-18-28(38-3)31-30-23(27)17-26-24-12-13-25(34(2)29(37)14-11-21-7-5-4-6-8-21)32(40-31)33(24,30)15-16-35(26)19-22-9-10-22/h4-8,11,14,18,22,24-26,32H,9-10,12-13,15-17,19H2,1-3H3/t24-,25-,26+,32-,33-/m0/s1. The number of rotatable bonds is 7. The lowest BCUT2D eigenvalue weighted by Gasteiger charge is -2.60. The molecule has 0 unspecified atom stereocenters. The van der Waals surface area contributed by atoms with Gasteiger partial charge in [-0.1, -0.05) is 30.3 Å². The van der Waals surface area contributed by atoms with Gasteiger partial charge in [0.15, 0.2) is 11.5 Å². The van der Waals surface area contributed by atoms with E-state index in [0.717, 1.165) is 61.6 Å². The van der Waals surface area contributed by atoms with Crippen molar-refractivity contribution in [2.75, 3.05) is 27.2 Å². The Balaban J connectivity index is 1.29. The molecule has 1 amide bonds. The summed E-state index contributed by atoms with van der Waals surface area (Å²) in [6.07, 6.45) is 9.79. The summed E-state index contributed by atoms with van der Waals surface area (Å²) in [4.78, 5) is 30.2. The summed E-state index contributed by atoms with van der Waals surface area (Å²) < 4.78 is 18.6. The molecule has 210 valence electrons. The van der Waals surface area contributed by atoms with E-state index in [4.69, 9.17) is 14.2 Å². The number of piperidine rings is 1. The first kappa shape index (κ1) is 25.6. The molecule has 5 aliphatic rings. The number of benzene rings is 2. The molecule has 40 heavy (non-hydrogen) atoms. The van der Waals surface area contributed by atoms with Crippen molar-refractivity contribution < 1.29 is 23.8 Å². The average molecular weight is 543 g/mol. The highest BCUT2D eigenvalue weighted by molar-refractivity contribution is 5.92. The van der Waals surface area contributed by atoms with Crippen molar-refractivity contribution in [2.45, 2.75) is 69.1 Å². The summed E-state index contributed by atoms with van der Waals surface area (Å²) in [5, 5.41) is 0. The average Bonchev–Trinajstić information content (AvgIpc) is 3.71. The zero-order valence-electron chi connectivity index (χ0n) is 23.6. The minimum Gasteiger partial charge on any atom is -0.493 e. The van der Waals surface area contributed by atoms with Gasteiger partial charge in [0.25, 0.3) is 0 Å². The monoisotopic (exact) mass is 542 g/mol. The van der Waals surface area contributed by atoms with Gasteiger partial charge in [0, 0.05) is 55.2 Å². The van der Waals surface area contributed by atoms with Crippen molar-refractivity contribution in [1.82, 2.24) is 9.80 Å². The van der Waals surface area contributed by atoms with E-state index in [2.05, 4.69) is 4.90 Å². The van der Waals surface area contributed by atoms with E-state index in [9.17, 15) is 9.59 Å². The van der Waals surface area contributed by atoms with Gasteiger partial charge in [-0.25, -0.2) is 0 Å². The zero-order chi connectivity index (χ0) is 27.6. The van der Waals surface area contributed by atoms with Crippen molar-refractivity contribution in [2.24, 2.45) is 11.8 Å². The number of ether oxygens (including phenoxy) is 3. The summed E-state index contributed by atoms with van der Waals surface area (Å²) in [6, 6.07) is 12.1. The lowest BCUT2D eigenvalue weighted by atomic mass is 9.50. The fourth-order valence-corrected chi connectivity index (χ4v) is 8.30. The first-order valence-electron chi connectivity index (χ1n) is 14.7. The molecule has 2 saturated carbocycles. The maximum absolute atomic E-state index is 13.5. The van der Waals surface area contributed by atoms with Crippen LogP contribution in [-0.2, 0) is 21.4 Å². The third kappa shape index (κ3) is 3.96. The highest BCUT2D eigenvalue weighted by Crippen LogP contribution is 2.66. The van der Waals surface area contributed by atoms with Crippen molar-refractivity contribution in [3.8, 4) is 17.2 Å². The van der Waals surface area contributed by atoms with E-state index in [0.29, 0.717) is 23.5 Å². The van der Waals surface area contributed by atoms with Crippen LogP contribution in [0.4, 0.5) is 0 Å². The Morgan fingerprint density at radius 2 is 1.95 bits per heavy atom. The van der Waals surface area contributed by atoms with Crippen LogP contribution in [0.1, 0.15) is 55.7 Å². The van der Waals surface area contributed by atoms with Gasteiger partial charge in [0.05, 0.1) is 13.2 Å². The van der Waals surface area contributed by atoms with Crippen LogP contribution in [0, 0.1) is 11.8 Å². The highest BCUT2D eigenvalue weighted by atomic mass is 16.5. The molecule has 7 nitrogen and oxygen atoms in total. The SMILES string of the molecule is COc1cc(OC(C)=O)c2c3c1O[C@H]1[C@@H](N(C)C(=O)C=Cc4ccccc4)CC[C@H]4[C@@H](C2)N(CC2CC2)CC[C@@]341. The van der Waals surface area contributed by atoms with Crippen molar-refractivity contribution in [3.63, 3.8) is 0 Å². The lowest BCUT2D eigenvalue weighted by Crippen LogP contribution is -2.69. The summed E-state index contributed by atoms with van der Waals surface area (Å²) in [7, 11) is 3.55. The van der Waals surface area contributed by atoms with Crippen LogP contribution in [0.2, 0.25) is 0 Å². The fourth-order valence-electron chi connectivity index (χ4n) is 8.30. The van der Waals surface area contributed by atoms with Gasteiger partial charge in [0.2, 0.25) is 5.91 Å². The normalized spacial score (nSPS) is 30.0. The predicted molar refractivity (Wildman–Crippen MR) is 152 cm³/mol. The molecule has 0 N–H and O–H groups in total. The third-order valence-corrected chi connectivity index (χ3v) is 10.2. The predicted octanol–water partition coefficient (Wildman–Crippen LogP) is 4.61. The van der Waals surface area contributed by atoms with Crippen LogP contribution in [0.25, 0.3) is 6.08 Å². The molecule has 2 aromatic rings. The van der Waals surface area contributed by atoms with Gasteiger partial charge in [-0.15, -0.1) is 0 Å². The number of hydrogen-bond donors (Lipinski definition) is 0. The van der Waals surface area contributed by atoms with Crippen LogP contribution >= 0.6 is 0 Å². The number of carbonyl (C=O) groups is 2. The molecule has 1 spiro atoms. The minimum absolute atomic E-state index is 0.0189. The fraction of sp³-hybridized carbons (Fsp3) is 0.515. The molecule has 7 rings (SSSR count). The number of esters is 1. The number of likely N-dealkylation sites (N-methyl/N-ethyl adjacent to an activating group) is 1. The van der Waals surface area contributed by atoms with E-state index in [1.807, 2.05) is 54.4 Å². The van der Waals surface area contributed by atoms with Crippen molar-refractivity contribution in [1.29, 1.82) is 0 Å². The Hall–Kier alpha value is -3.32. The van der Waals surface area contributed by atoms with E-state index in [1.54, 1.807) is 13.2 Å². The Labute approximate surface area is 236 Å². The van der Waals surface area contributed by atoms with E-state index in [1.165, 1.54) is 25.3 Å². The van der Waals surface area contributed by atoms with Crippen molar-refractivity contribution in [3.05, 3.63) is 59.2 Å². The Morgan fingerprint density at radius 3 is 2.67 bits per heavy atom. The molecular weight excluding hydrogens is 504 g/mol. The van der Waals surface area contributed by atoms with E-state index in [-0.39, 0.29) is 29.4 Å². The first-order valence-corrected chi connectivity index (χ1v) is 14.7. The van der Waals surface area contributed by atoms with Crippen LogP contribution in [0.3, 0.4) is 0 Å². The molecule has 2 heterocycles. The zero-order valence-corrected chi connectivity index (χ0v) is 23.6. The summed E-state index contributed by atoms with van der Waals surface area (Å²) in [6.45, 7) is 3.63. The van der Waals surface area contributed by atoms with Gasteiger partial charge in [-0.05, 0) is 68.5 Å². The van der Waals surface area contributed by atoms with Gasteiger partial charge in [0.1, 0.15) is 11.9 Å². The van der Waals surface area contributed by atoms with Gasteiger partial charge in [-0.3, -0.25) is 14.5 Å². The Morgan fingerprint density at radius 1 is 1.15 bits per heavy atom. The molecule has 3 aliphatic carbocycles. The van der Waals surface area contributed by atoms with E-state index >= 15 is 0 Å². The van der Waals surface area contributed by atoms with Crippen LogP contribution in [-0.4, -0.2) is 67.1 Å². The summed E-state index contributed by atoms with van der Waals surface area (Å²) >= 11 is 0. The number of amides is 1. The van der Waals surface area contributed by atoms with Gasteiger partial charge >= 0.3 is 5.97 Å². The number of nitrogens with zero attached hydrogens (tertiary/aromatic N) is 2. The van der Waals surface area contributed by atoms with E-state index < -0.39 is 0 Å². The molecule has 0 aromatic heterocycles. The molecule has 3 fully saturated rings. The molecule has 2 aliphatic heterocycles. The molecule has 2 aromatic carbocycles. The smallest absolute Gasteiger partial charge is 0.308 e. The number of methoxy groups -OCH3 is 1. The number of likely N-dealkylation sites (tertiary alicyclic amines) is 1. The van der Waals surface area contributed by atoms with Crippen LogP contribution in [0.15, 0.2) is 42.5 Å². The maximum Gasteiger partial charge on any atom is 0.308 e. The number of carbonyl (C=O) groups excluding carboxylic acids is 2. The topological polar surface area (TPSA) is 68.3 Å². The molecular formula is C33H38N2O5. The second-order valence-electron chi connectivity index (χ2n) is 12.3. The highest BCUT2D eigenvalue weighted by Gasteiger charge is 2.67. The lowest BCUT2D eigenvalue weighted by molar-refractivity contribution is -0.135. The summed E-state index contributed by atoms with van der Waals surface area (Å²) in [5.41, 5.74) is 3.03. The molecule has 2 bridgehead atoms. The second kappa shape index (κ2) is 9.65. The Bertz CT molecular complexity index is 1370. The molecule has 7 heteroatoms. The quantitative estimate of drug-likeness (QED) is 0.289. The third-order valence-electron chi connectivity index (χ3n) is 10.2. The molecule has 0 radical (unpaired) electrons. The summed E-state index contributed by atoms with van der Waals surface area (Å²) in [5.74, 6) is 2.87. The maximum atomic E-state index is 13.5. The van der Waals surface area contributed by atoms with Crippen LogP contribution < -0.4 is 14.2 Å². The van der Waals surface area contributed by atoms with Gasteiger partial charge in [-0.2, -0.15) is 0 Å². The van der Waals surface area contributed by atoms with Gasteiger partial charge < -0.3 is 19.1 Å². The number of hydrogen-bond acceptors (Lipinski definition) is 6. The second-order valence-corrected chi connectivity index (χ2v) is 12.3.